The highest BCUT2D eigenvalue weighted by atomic mass is 32.1. The van der Waals surface area contributed by atoms with Gasteiger partial charge in [0.2, 0.25) is 0 Å². The molecule has 0 aliphatic heterocycles. The van der Waals surface area contributed by atoms with E-state index in [1.165, 1.54) is 11.3 Å². The highest BCUT2D eigenvalue weighted by molar-refractivity contribution is 7.22. The topological polar surface area (TPSA) is 77.0 Å². The maximum absolute atomic E-state index is 12.4. The molecule has 2 aromatic carbocycles. The second-order valence-electron chi connectivity index (χ2n) is 5.10. The Labute approximate surface area is 147 Å². The van der Waals surface area contributed by atoms with Crippen LogP contribution in [0.15, 0.2) is 67.0 Å². The van der Waals surface area contributed by atoms with Crippen LogP contribution in [0.5, 0.6) is 11.8 Å². The first-order valence-electron chi connectivity index (χ1n) is 7.50. The van der Waals surface area contributed by atoms with Crippen LogP contribution in [-0.2, 0) is 0 Å². The lowest BCUT2D eigenvalue weighted by atomic mass is 10.2. The van der Waals surface area contributed by atoms with Gasteiger partial charge in [0.25, 0.3) is 5.91 Å². The molecule has 0 radical (unpaired) electrons. The van der Waals surface area contributed by atoms with Gasteiger partial charge >= 0.3 is 6.01 Å². The first-order valence-corrected chi connectivity index (χ1v) is 8.31. The van der Waals surface area contributed by atoms with Crippen molar-refractivity contribution in [3.63, 3.8) is 0 Å². The van der Waals surface area contributed by atoms with Crippen molar-refractivity contribution in [3.05, 3.63) is 72.6 Å². The van der Waals surface area contributed by atoms with Gasteiger partial charge in [0.15, 0.2) is 5.13 Å². The van der Waals surface area contributed by atoms with Gasteiger partial charge in [0.05, 0.1) is 10.2 Å². The van der Waals surface area contributed by atoms with Gasteiger partial charge in [-0.15, -0.1) is 0 Å². The van der Waals surface area contributed by atoms with Crippen LogP contribution in [0.4, 0.5) is 5.13 Å². The van der Waals surface area contributed by atoms with Gasteiger partial charge in [-0.1, -0.05) is 23.5 Å². The van der Waals surface area contributed by atoms with Gasteiger partial charge in [0, 0.05) is 18.0 Å². The smallest absolute Gasteiger partial charge is 0.321 e. The summed E-state index contributed by atoms with van der Waals surface area (Å²) in [5, 5.41) is 3.39. The predicted molar refractivity (Wildman–Crippen MR) is 96.1 cm³/mol. The fourth-order valence-corrected chi connectivity index (χ4v) is 3.07. The Hall–Kier alpha value is -3.32. The molecule has 122 valence electrons. The molecule has 4 aromatic rings. The number of benzene rings is 2. The Balaban J connectivity index is 1.46. The van der Waals surface area contributed by atoms with E-state index in [1.54, 1.807) is 42.7 Å². The van der Waals surface area contributed by atoms with Crippen molar-refractivity contribution in [2.24, 2.45) is 0 Å². The Morgan fingerprint density at radius 2 is 1.72 bits per heavy atom. The molecule has 0 spiro atoms. The summed E-state index contributed by atoms with van der Waals surface area (Å²) in [7, 11) is 0. The van der Waals surface area contributed by atoms with Gasteiger partial charge in [-0.25, -0.2) is 15.0 Å². The first kappa shape index (κ1) is 15.2. The largest absolute Gasteiger partial charge is 0.424 e. The number of thiazole rings is 1. The monoisotopic (exact) mass is 348 g/mol. The Kier molecular flexibility index (Phi) is 4.05. The van der Waals surface area contributed by atoms with Gasteiger partial charge in [-0.2, -0.15) is 0 Å². The molecule has 2 aromatic heterocycles. The molecule has 2 heterocycles. The van der Waals surface area contributed by atoms with Gasteiger partial charge in [-0.3, -0.25) is 10.1 Å². The number of para-hydroxylation sites is 1. The van der Waals surface area contributed by atoms with E-state index in [4.69, 9.17) is 4.74 Å². The number of aromatic nitrogens is 3. The van der Waals surface area contributed by atoms with Crippen molar-refractivity contribution in [2.45, 2.75) is 0 Å². The Morgan fingerprint density at radius 3 is 2.48 bits per heavy atom. The van der Waals surface area contributed by atoms with Crippen LogP contribution < -0.4 is 10.1 Å². The van der Waals surface area contributed by atoms with E-state index >= 15 is 0 Å². The number of nitrogens with one attached hydrogen (secondary N) is 1. The van der Waals surface area contributed by atoms with Gasteiger partial charge < -0.3 is 4.74 Å². The van der Waals surface area contributed by atoms with E-state index in [-0.39, 0.29) is 11.9 Å². The number of rotatable bonds is 4. The highest BCUT2D eigenvalue weighted by Gasteiger charge is 2.10. The van der Waals surface area contributed by atoms with Crippen LogP contribution in [-0.4, -0.2) is 20.9 Å². The number of carbonyl (C=O) groups is 1. The second-order valence-corrected chi connectivity index (χ2v) is 6.13. The minimum absolute atomic E-state index is 0.221. The number of hydrogen-bond donors (Lipinski definition) is 1. The average molecular weight is 348 g/mol. The molecule has 25 heavy (non-hydrogen) atoms. The molecule has 6 nitrogen and oxygen atoms in total. The fraction of sp³-hybridized carbons (Fsp3) is 0. The lowest BCUT2D eigenvalue weighted by Gasteiger charge is -2.05. The van der Waals surface area contributed by atoms with Crippen LogP contribution in [0, 0.1) is 0 Å². The summed E-state index contributed by atoms with van der Waals surface area (Å²) in [4.78, 5) is 24.7. The van der Waals surface area contributed by atoms with Gasteiger partial charge in [-0.05, 0) is 42.5 Å². The quantitative estimate of drug-likeness (QED) is 0.600. The Morgan fingerprint density at radius 1 is 0.960 bits per heavy atom. The second kappa shape index (κ2) is 6.66. The van der Waals surface area contributed by atoms with Crippen molar-refractivity contribution in [1.29, 1.82) is 0 Å². The Bertz CT molecular complexity index is 983. The average Bonchev–Trinajstić information content (AvgIpc) is 3.05. The van der Waals surface area contributed by atoms with E-state index < -0.39 is 0 Å². The normalized spacial score (nSPS) is 10.6. The van der Waals surface area contributed by atoms with Crippen LogP contribution >= 0.6 is 11.3 Å². The minimum atomic E-state index is -0.221. The number of fused-ring (bicyclic) bond motifs is 1. The number of hydrogen-bond acceptors (Lipinski definition) is 6. The molecule has 0 saturated heterocycles. The zero-order valence-corrected chi connectivity index (χ0v) is 13.7. The summed E-state index contributed by atoms with van der Waals surface area (Å²) in [6.45, 7) is 0. The molecule has 0 unspecified atom stereocenters. The minimum Gasteiger partial charge on any atom is -0.424 e. The number of ether oxygens (including phenoxy) is 1. The molecule has 0 aliphatic carbocycles. The van der Waals surface area contributed by atoms with Crippen molar-refractivity contribution >= 4 is 32.6 Å². The fourth-order valence-electron chi connectivity index (χ4n) is 2.21. The third-order valence-electron chi connectivity index (χ3n) is 3.38. The van der Waals surface area contributed by atoms with Crippen molar-refractivity contribution in [1.82, 2.24) is 15.0 Å². The molecule has 1 amide bonds. The van der Waals surface area contributed by atoms with E-state index in [0.29, 0.717) is 16.4 Å². The SMILES string of the molecule is O=C(Nc1nc2ccccc2s1)c1ccc(Oc2ncccn2)cc1. The van der Waals surface area contributed by atoms with Crippen molar-refractivity contribution < 1.29 is 9.53 Å². The lowest BCUT2D eigenvalue weighted by Crippen LogP contribution is -2.11. The summed E-state index contributed by atoms with van der Waals surface area (Å²) in [5.41, 5.74) is 1.38. The zero-order chi connectivity index (χ0) is 17.1. The van der Waals surface area contributed by atoms with E-state index in [2.05, 4.69) is 20.3 Å². The van der Waals surface area contributed by atoms with E-state index in [0.717, 1.165) is 10.2 Å². The third-order valence-corrected chi connectivity index (χ3v) is 4.33. The third kappa shape index (κ3) is 3.46. The molecule has 7 heteroatoms. The standard InChI is InChI=1S/C18H12N4O2S/c23-16(22-18-21-14-4-1-2-5-15(14)25-18)12-6-8-13(9-7-12)24-17-19-10-3-11-20-17/h1-11H,(H,21,22,23). The first-order chi connectivity index (χ1) is 12.3. The maximum Gasteiger partial charge on any atom is 0.321 e. The highest BCUT2D eigenvalue weighted by Crippen LogP contribution is 2.26. The maximum atomic E-state index is 12.4. The summed E-state index contributed by atoms with van der Waals surface area (Å²) >= 11 is 1.44. The predicted octanol–water partition coefficient (Wildman–Crippen LogP) is 4.13. The summed E-state index contributed by atoms with van der Waals surface area (Å²) in [5.74, 6) is 0.337. The number of anilines is 1. The van der Waals surface area contributed by atoms with Crippen LogP contribution in [0.3, 0.4) is 0 Å². The van der Waals surface area contributed by atoms with Crippen molar-refractivity contribution in [3.8, 4) is 11.8 Å². The molecule has 0 bridgehead atoms. The van der Waals surface area contributed by atoms with Crippen molar-refractivity contribution in [2.75, 3.05) is 5.32 Å². The molecular formula is C18H12N4O2S. The number of amides is 1. The molecule has 0 aliphatic rings. The van der Waals surface area contributed by atoms with E-state index in [9.17, 15) is 4.79 Å². The summed E-state index contributed by atoms with van der Waals surface area (Å²) in [6.07, 6.45) is 3.20. The molecular weight excluding hydrogens is 336 g/mol. The summed E-state index contributed by atoms with van der Waals surface area (Å²) < 4.78 is 6.54. The molecule has 0 saturated carbocycles. The zero-order valence-electron chi connectivity index (χ0n) is 12.9. The summed E-state index contributed by atoms with van der Waals surface area (Å²) in [6, 6.07) is 16.5. The lowest BCUT2D eigenvalue weighted by molar-refractivity contribution is 0.102. The van der Waals surface area contributed by atoms with Crippen LogP contribution in [0.2, 0.25) is 0 Å². The van der Waals surface area contributed by atoms with Gasteiger partial charge in [0.1, 0.15) is 5.75 Å². The van der Waals surface area contributed by atoms with Crippen LogP contribution in [0.25, 0.3) is 10.2 Å². The molecule has 0 atom stereocenters. The molecule has 4 rings (SSSR count). The molecule has 0 fully saturated rings. The number of nitrogens with zero attached hydrogens (tertiary/aromatic N) is 3. The molecule has 1 N–H and O–H groups in total. The van der Waals surface area contributed by atoms with E-state index in [1.807, 2.05) is 24.3 Å². The van der Waals surface area contributed by atoms with Crippen LogP contribution in [0.1, 0.15) is 10.4 Å². The number of carbonyl (C=O) groups excluding carboxylic acids is 1.